The predicted molar refractivity (Wildman–Crippen MR) is 57.1 cm³/mol. The molecular weight excluding hydrogens is 234 g/mol. The standard InChI is InChI=1S/C9H18BrNO2/c1-7(2)13-6-5-11(4)9(12)8(3)10/h7-8H,5-6H2,1-4H3. The van der Waals surface area contributed by atoms with E-state index in [4.69, 9.17) is 4.74 Å². The molecule has 0 spiro atoms. The van der Waals surface area contributed by atoms with Crippen LogP contribution in [0.5, 0.6) is 0 Å². The summed E-state index contributed by atoms with van der Waals surface area (Å²) < 4.78 is 5.33. The molecule has 0 aliphatic carbocycles. The number of ether oxygens (including phenoxy) is 1. The van der Waals surface area contributed by atoms with Gasteiger partial charge in [-0.1, -0.05) is 15.9 Å². The lowest BCUT2D eigenvalue weighted by Gasteiger charge is -2.19. The molecule has 0 aliphatic rings. The number of carbonyl (C=O) groups is 1. The number of hydrogen-bond donors (Lipinski definition) is 0. The van der Waals surface area contributed by atoms with E-state index in [2.05, 4.69) is 15.9 Å². The van der Waals surface area contributed by atoms with Crippen LogP contribution in [-0.4, -0.2) is 41.9 Å². The topological polar surface area (TPSA) is 29.5 Å². The van der Waals surface area contributed by atoms with Crippen molar-refractivity contribution in [3.63, 3.8) is 0 Å². The average Bonchev–Trinajstić information content (AvgIpc) is 2.02. The van der Waals surface area contributed by atoms with Crippen molar-refractivity contribution in [1.29, 1.82) is 0 Å². The number of carbonyl (C=O) groups excluding carboxylic acids is 1. The second kappa shape index (κ2) is 6.38. The number of likely N-dealkylation sites (N-methyl/N-ethyl adjacent to an activating group) is 1. The molecule has 1 amide bonds. The minimum atomic E-state index is -0.114. The third-order valence-electron chi connectivity index (χ3n) is 1.59. The highest BCUT2D eigenvalue weighted by atomic mass is 79.9. The highest BCUT2D eigenvalue weighted by molar-refractivity contribution is 9.10. The Labute approximate surface area is 88.6 Å². The fourth-order valence-corrected chi connectivity index (χ4v) is 1.19. The van der Waals surface area contributed by atoms with Gasteiger partial charge < -0.3 is 9.64 Å². The van der Waals surface area contributed by atoms with Gasteiger partial charge in [0.1, 0.15) is 0 Å². The summed E-state index contributed by atoms with van der Waals surface area (Å²) >= 11 is 3.23. The van der Waals surface area contributed by atoms with Crippen LogP contribution < -0.4 is 0 Å². The van der Waals surface area contributed by atoms with Crippen LogP contribution in [0.2, 0.25) is 0 Å². The maximum Gasteiger partial charge on any atom is 0.235 e. The minimum Gasteiger partial charge on any atom is -0.377 e. The van der Waals surface area contributed by atoms with E-state index in [1.165, 1.54) is 0 Å². The average molecular weight is 252 g/mol. The molecule has 0 aliphatic heterocycles. The van der Waals surface area contributed by atoms with Gasteiger partial charge in [0.25, 0.3) is 0 Å². The lowest BCUT2D eigenvalue weighted by atomic mass is 10.4. The zero-order valence-electron chi connectivity index (χ0n) is 8.71. The molecule has 4 heteroatoms. The first-order chi connectivity index (χ1) is 5.95. The summed E-state index contributed by atoms with van der Waals surface area (Å²) in [5.74, 6) is 0.0901. The van der Waals surface area contributed by atoms with Crippen LogP contribution in [-0.2, 0) is 9.53 Å². The van der Waals surface area contributed by atoms with Crippen LogP contribution >= 0.6 is 15.9 Å². The SMILES string of the molecule is CC(C)OCCN(C)C(=O)C(C)Br. The van der Waals surface area contributed by atoms with Gasteiger partial charge in [0, 0.05) is 13.6 Å². The quantitative estimate of drug-likeness (QED) is 0.696. The van der Waals surface area contributed by atoms with E-state index in [1.807, 2.05) is 20.8 Å². The molecule has 0 saturated heterocycles. The molecule has 13 heavy (non-hydrogen) atoms. The number of amides is 1. The van der Waals surface area contributed by atoms with E-state index in [0.29, 0.717) is 13.2 Å². The second-order valence-electron chi connectivity index (χ2n) is 3.30. The first-order valence-corrected chi connectivity index (χ1v) is 5.37. The van der Waals surface area contributed by atoms with E-state index >= 15 is 0 Å². The van der Waals surface area contributed by atoms with Crippen molar-refractivity contribution in [2.45, 2.75) is 31.7 Å². The monoisotopic (exact) mass is 251 g/mol. The Hall–Kier alpha value is -0.0900. The van der Waals surface area contributed by atoms with Gasteiger partial charge in [-0.3, -0.25) is 4.79 Å². The van der Waals surface area contributed by atoms with Gasteiger partial charge in [0.2, 0.25) is 5.91 Å². The molecule has 0 aromatic rings. The van der Waals surface area contributed by atoms with Gasteiger partial charge >= 0.3 is 0 Å². The number of nitrogens with zero attached hydrogens (tertiary/aromatic N) is 1. The number of halogens is 1. The lowest BCUT2D eigenvalue weighted by Crippen LogP contribution is -2.34. The highest BCUT2D eigenvalue weighted by Gasteiger charge is 2.13. The van der Waals surface area contributed by atoms with E-state index in [9.17, 15) is 4.79 Å². The van der Waals surface area contributed by atoms with E-state index in [0.717, 1.165) is 0 Å². The lowest BCUT2D eigenvalue weighted by molar-refractivity contribution is -0.129. The highest BCUT2D eigenvalue weighted by Crippen LogP contribution is 2.02. The third kappa shape index (κ3) is 6.05. The van der Waals surface area contributed by atoms with Crippen molar-refractivity contribution in [3.05, 3.63) is 0 Å². The smallest absolute Gasteiger partial charge is 0.235 e. The van der Waals surface area contributed by atoms with E-state index < -0.39 is 0 Å². The number of hydrogen-bond acceptors (Lipinski definition) is 2. The summed E-state index contributed by atoms with van der Waals surface area (Å²) in [5.41, 5.74) is 0. The Balaban J connectivity index is 3.62. The van der Waals surface area contributed by atoms with Gasteiger partial charge in [-0.05, 0) is 20.8 Å². The predicted octanol–water partition coefficient (Wildman–Crippen LogP) is 1.65. The van der Waals surface area contributed by atoms with Gasteiger partial charge in [0.05, 0.1) is 17.5 Å². The van der Waals surface area contributed by atoms with Crippen LogP contribution in [0.3, 0.4) is 0 Å². The summed E-state index contributed by atoms with van der Waals surface area (Å²) in [6, 6.07) is 0. The van der Waals surface area contributed by atoms with Gasteiger partial charge in [0.15, 0.2) is 0 Å². The van der Waals surface area contributed by atoms with Crippen molar-refractivity contribution >= 4 is 21.8 Å². The van der Waals surface area contributed by atoms with Crippen molar-refractivity contribution in [3.8, 4) is 0 Å². The summed E-state index contributed by atoms with van der Waals surface area (Å²) in [4.78, 5) is 12.9. The summed E-state index contributed by atoms with van der Waals surface area (Å²) in [6.45, 7) is 7.03. The summed E-state index contributed by atoms with van der Waals surface area (Å²) in [5, 5.41) is 0. The molecule has 3 nitrogen and oxygen atoms in total. The Morgan fingerprint density at radius 1 is 1.46 bits per heavy atom. The number of alkyl halides is 1. The van der Waals surface area contributed by atoms with Crippen LogP contribution in [0, 0.1) is 0 Å². The summed E-state index contributed by atoms with van der Waals surface area (Å²) in [7, 11) is 1.78. The van der Waals surface area contributed by atoms with Gasteiger partial charge in [-0.2, -0.15) is 0 Å². The van der Waals surface area contributed by atoms with Gasteiger partial charge in [-0.15, -0.1) is 0 Å². The van der Waals surface area contributed by atoms with Crippen molar-refractivity contribution in [2.75, 3.05) is 20.2 Å². The molecule has 0 radical (unpaired) electrons. The molecule has 0 aromatic carbocycles. The van der Waals surface area contributed by atoms with Crippen LogP contribution in [0.1, 0.15) is 20.8 Å². The maximum atomic E-state index is 11.3. The molecule has 0 bridgehead atoms. The largest absolute Gasteiger partial charge is 0.377 e. The molecule has 0 fully saturated rings. The first kappa shape index (κ1) is 12.9. The maximum absolute atomic E-state index is 11.3. The minimum absolute atomic E-state index is 0.0901. The molecular formula is C9H18BrNO2. The molecule has 78 valence electrons. The normalized spacial score (nSPS) is 13.1. The van der Waals surface area contributed by atoms with Crippen molar-refractivity contribution in [2.24, 2.45) is 0 Å². The van der Waals surface area contributed by atoms with E-state index in [1.54, 1.807) is 11.9 Å². The van der Waals surface area contributed by atoms with Crippen LogP contribution in [0.4, 0.5) is 0 Å². The molecule has 0 heterocycles. The Kier molecular flexibility index (Phi) is 6.33. The molecule has 0 N–H and O–H groups in total. The Morgan fingerprint density at radius 2 is 2.00 bits per heavy atom. The van der Waals surface area contributed by atoms with E-state index in [-0.39, 0.29) is 16.8 Å². The van der Waals surface area contributed by atoms with Crippen LogP contribution in [0.25, 0.3) is 0 Å². The fourth-order valence-electron chi connectivity index (χ4n) is 0.839. The molecule has 0 rings (SSSR count). The molecule has 0 aromatic heterocycles. The Bertz CT molecular complexity index is 160. The third-order valence-corrected chi connectivity index (χ3v) is 1.99. The summed E-state index contributed by atoms with van der Waals surface area (Å²) in [6.07, 6.45) is 0.227. The molecule has 1 atom stereocenters. The Morgan fingerprint density at radius 3 is 2.38 bits per heavy atom. The van der Waals surface area contributed by atoms with Crippen LogP contribution in [0.15, 0.2) is 0 Å². The first-order valence-electron chi connectivity index (χ1n) is 4.45. The zero-order valence-corrected chi connectivity index (χ0v) is 10.3. The van der Waals surface area contributed by atoms with Gasteiger partial charge in [-0.25, -0.2) is 0 Å². The van der Waals surface area contributed by atoms with Crippen molar-refractivity contribution in [1.82, 2.24) is 4.90 Å². The fraction of sp³-hybridized carbons (Fsp3) is 0.889. The second-order valence-corrected chi connectivity index (χ2v) is 4.67. The molecule has 1 unspecified atom stereocenters. The van der Waals surface area contributed by atoms with Crippen molar-refractivity contribution < 1.29 is 9.53 Å². The molecule has 0 saturated carbocycles. The zero-order chi connectivity index (χ0) is 10.4. The number of rotatable bonds is 5.